The van der Waals surface area contributed by atoms with Crippen LogP contribution in [-0.4, -0.2) is 18.7 Å². The Bertz CT molecular complexity index is 3010. The minimum Gasteiger partial charge on any atom is -0.319 e. The molecule has 0 bridgehead atoms. The molecule has 0 atom stereocenters. The molecule has 5 heteroatoms. The van der Waals surface area contributed by atoms with Crippen LogP contribution in [0.4, 0.5) is 0 Å². The average molecular weight is 929 g/mol. The number of pyridine rings is 1. The summed E-state index contributed by atoms with van der Waals surface area (Å²) in [6.07, 6.45) is 4.11. The predicted octanol–water partition coefficient (Wildman–Crippen LogP) is 12.5. The van der Waals surface area contributed by atoms with Gasteiger partial charge in [-0.2, -0.15) is 34.9 Å². The number of aromatic nitrogens is 4. The third-order valence-corrected chi connectivity index (χ3v) is 11.4. The molecule has 10 aromatic rings. The van der Waals surface area contributed by atoms with E-state index in [-0.39, 0.29) is 26.5 Å². The smallest absolute Gasteiger partial charge is 0.168 e. The van der Waals surface area contributed by atoms with E-state index < -0.39 is 5.41 Å². The fourth-order valence-corrected chi connectivity index (χ4v) is 8.58. The molecule has 58 heavy (non-hydrogen) atoms. The second kappa shape index (κ2) is 14.9. The van der Waals surface area contributed by atoms with E-state index >= 15 is 0 Å². The van der Waals surface area contributed by atoms with Crippen LogP contribution in [-0.2, 0) is 31.9 Å². The van der Waals surface area contributed by atoms with Crippen molar-refractivity contribution >= 4 is 32.8 Å². The Labute approximate surface area is 354 Å². The fraction of sp³-hybridized carbons (Fsp3) is 0.0943. The summed E-state index contributed by atoms with van der Waals surface area (Å²) < 4.78 is 6.80. The Kier molecular flexibility index (Phi) is 9.54. The van der Waals surface area contributed by atoms with Crippen molar-refractivity contribution in [3.8, 4) is 17.2 Å². The molecule has 284 valence electrons. The van der Waals surface area contributed by atoms with E-state index in [1.54, 1.807) is 0 Å². The number of fused-ring (bicyclic) bond motifs is 4. The molecule has 7 aromatic carbocycles. The van der Waals surface area contributed by atoms with Crippen LogP contribution in [0.3, 0.4) is 0 Å². The molecule has 0 unspecified atom stereocenters. The third-order valence-electron chi connectivity index (χ3n) is 11.4. The Hall–Kier alpha value is -6.35. The minimum absolute atomic E-state index is 0. The van der Waals surface area contributed by atoms with Crippen molar-refractivity contribution < 1.29 is 21.1 Å². The Morgan fingerprint density at radius 3 is 1.76 bits per heavy atom. The molecule has 0 fully saturated rings. The van der Waals surface area contributed by atoms with Crippen LogP contribution in [0, 0.1) is 12.1 Å². The molecule has 4 nitrogen and oxygen atoms in total. The van der Waals surface area contributed by atoms with Gasteiger partial charge in [-0.25, -0.2) is 9.55 Å². The van der Waals surface area contributed by atoms with E-state index in [4.69, 9.17) is 4.98 Å². The summed E-state index contributed by atoms with van der Waals surface area (Å²) in [5.41, 5.74) is 11.1. The van der Waals surface area contributed by atoms with Crippen LogP contribution in [0.15, 0.2) is 195 Å². The molecule has 0 saturated heterocycles. The summed E-state index contributed by atoms with van der Waals surface area (Å²) >= 11 is 0. The van der Waals surface area contributed by atoms with Gasteiger partial charge in [0.1, 0.15) is 11.5 Å². The Balaban J connectivity index is 0.00000436. The second-order valence-corrected chi connectivity index (χ2v) is 15.8. The Morgan fingerprint density at radius 2 is 1.09 bits per heavy atom. The van der Waals surface area contributed by atoms with Gasteiger partial charge in [0.15, 0.2) is 17.4 Å². The monoisotopic (exact) mass is 928 g/mol. The van der Waals surface area contributed by atoms with Gasteiger partial charge in [0, 0.05) is 56.0 Å². The van der Waals surface area contributed by atoms with Crippen LogP contribution < -0.4 is 0 Å². The van der Waals surface area contributed by atoms with E-state index in [2.05, 4.69) is 235 Å². The summed E-state index contributed by atoms with van der Waals surface area (Å²) in [4.78, 5) is 4.99. The summed E-state index contributed by atoms with van der Waals surface area (Å²) in [5, 5.41) is 2.30. The first kappa shape index (κ1) is 37.2. The maximum Gasteiger partial charge on any atom is 0.168 e. The largest absolute Gasteiger partial charge is 0.319 e. The van der Waals surface area contributed by atoms with Gasteiger partial charge in [-0.1, -0.05) is 135 Å². The van der Waals surface area contributed by atoms with Gasteiger partial charge in [-0.3, -0.25) is 0 Å². The molecule has 0 spiro atoms. The molecule has 0 aliphatic carbocycles. The number of rotatable bonds is 7. The standard InChI is InChI=1S/C53H41N4.Pt/c1-52(2,3)40-32-33-54-51(36-40)57-47-27-14-13-26-45(47)46-31-30-42(35-50(46)57)53(38-18-7-4-8-19-38,39-20-9-5-10-21-39)41-22-17-25-44(34-41)56-37-55(43-23-11-6-12-24-43)48-28-15-16-29-49(48)56;/h4-33,36-37H,1-3H3;/q-1;. The number of imidazole rings is 1. The van der Waals surface area contributed by atoms with Gasteiger partial charge in [0.2, 0.25) is 0 Å². The zero-order chi connectivity index (χ0) is 38.6. The maximum atomic E-state index is 4.99. The van der Waals surface area contributed by atoms with Gasteiger partial charge >= 0.3 is 0 Å². The van der Waals surface area contributed by atoms with Gasteiger partial charge in [-0.15, -0.1) is 28.6 Å². The molecular formula is C53H41N4Pt-. The normalized spacial score (nSPS) is 11.9. The molecule has 10 rings (SSSR count). The molecule has 0 N–H and O–H groups in total. The molecular weight excluding hydrogens is 888 g/mol. The van der Waals surface area contributed by atoms with Crippen LogP contribution in [0.2, 0.25) is 0 Å². The molecule has 0 radical (unpaired) electrons. The van der Waals surface area contributed by atoms with Crippen LogP contribution in [0.5, 0.6) is 0 Å². The van der Waals surface area contributed by atoms with E-state index in [0.29, 0.717) is 0 Å². The summed E-state index contributed by atoms with van der Waals surface area (Å²) in [5.74, 6) is 0.881. The second-order valence-electron chi connectivity index (χ2n) is 15.8. The van der Waals surface area contributed by atoms with E-state index in [9.17, 15) is 0 Å². The van der Waals surface area contributed by atoms with Gasteiger partial charge < -0.3 is 4.57 Å². The first-order valence-corrected chi connectivity index (χ1v) is 19.6. The van der Waals surface area contributed by atoms with Crippen LogP contribution >= 0.6 is 0 Å². The Morgan fingerprint density at radius 1 is 0.500 bits per heavy atom. The zero-order valence-corrected chi connectivity index (χ0v) is 34.9. The van der Waals surface area contributed by atoms with E-state index in [0.717, 1.165) is 66.9 Å². The van der Waals surface area contributed by atoms with Crippen molar-refractivity contribution in [1.29, 1.82) is 0 Å². The van der Waals surface area contributed by atoms with E-state index in [1.165, 1.54) is 10.9 Å². The summed E-state index contributed by atoms with van der Waals surface area (Å²) in [6.45, 7) is 6.75. The van der Waals surface area contributed by atoms with Gasteiger partial charge in [0.05, 0.1) is 0 Å². The van der Waals surface area contributed by atoms with Crippen LogP contribution in [0.25, 0.3) is 50.0 Å². The third kappa shape index (κ3) is 6.11. The molecule has 0 aliphatic heterocycles. The van der Waals surface area contributed by atoms with Crippen molar-refractivity contribution in [3.05, 3.63) is 234 Å². The zero-order valence-electron chi connectivity index (χ0n) is 32.6. The first-order valence-electron chi connectivity index (χ1n) is 19.6. The van der Waals surface area contributed by atoms with Crippen molar-refractivity contribution in [3.63, 3.8) is 0 Å². The number of para-hydroxylation sites is 4. The number of hydrogen-bond acceptors (Lipinski definition) is 1. The topological polar surface area (TPSA) is 27.7 Å². The van der Waals surface area contributed by atoms with Gasteiger partial charge in [0.25, 0.3) is 0 Å². The molecule has 3 aromatic heterocycles. The number of benzene rings is 7. The fourth-order valence-electron chi connectivity index (χ4n) is 8.58. The number of hydrogen-bond donors (Lipinski definition) is 0. The maximum absolute atomic E-state index is 4.99. The predicted molar refractivity (Wildman–Crippen MR) is 234 cm³/mol. The average Bonchev–Trinajstić information content (AvgIpc) is 3.81. The number of nitrogens with zero attached hydrogens (tertiary/aromatic N) is 4. The van der Waals surface area contributed by atoms with Crippen molar-refractivity contribution in [1.82, 2.24) is 18.7 Å². The van der Waals surface area contributed by atoms with Crippen molar-refractivity contribution in [2.45, 2.75) is 31.6 Å². The first-order chi connectivity index (χ1) is 27.9. The molecule has 0 saturated carbocycles. The summed E-state index contributed by atoms with van der Waals surface area (Å²) in [6, 6.07) is 72.9. The summed E-state index contributed by atoms with van der Waals surface area (Å²) in [7, 11) is 0. The molecule has 0 amide bonds. The van der Waals surface area contributed by atoms with E-state index in [1.807, 2.05) is 6.20 Å². The molecule has 0 aliphatic rings. The SMILES string of the molecule is CC(C)(C)c1ccnc(-n2c3[c-]c(C(c4[c-]c(-n5[cH+]n(-c6ccccc6)c6ccccc65)ccc4)(c4ccccc4)c4ccccc4)ccc3c3ccccc32)c1.[Pt]. The van der Waals surface area contributed by atoms with Gasteiger partial charge in [-0.05, 0) is 57.8 Å². The minimum atomic E-state index is -0.785. The molecule has 3 heterocycles. The van der Waals surface area contributed by atoms with Crippen molar-refractivity contribution in [2.24, 2.45) is 0 Å². The van der Waals surface area contributed by atoms with Crippen LogP contribution in [0.1, 0.15) is 48.6 Å². The van der Waals surface area contributed by atoms with Crippen molar-refractivity contribution in [2.75, 3.05) is 0 Å². The quantitative estimate of drug-likeness (QED) is 0.116.